The van der Waals surface area contributed by atoms with Crippen LogP contribution in [0.1, 0.15) is 27.2 Å². The lowest BCUT2D eigenvalue weighted by atomic mass is 10.0. The summed E-state index contributed by atoms with van der Waals surface area (Å²) in [6.45, 7) is 7.23. The summed E-state index contributed by atoms with van der Waals surface area (Å²) in [6, 6.07) is 18.4. The Balaban J connectivity index is 1.07. The van der Waals surface area contributed by atoms with Crippen LogP contribution in [0.3, 0.4) is 0 Å². The molecule has 2 atom stereocenters. The molecule has 5 aromatic rings. The fraction of sp³-hybridized carbons (Fsp3) is 0.290. The van der Waals surface area contributed by atoms with E-state index < -0.39 is 5.60 Å². The summed E-state index contributed by atoms with van der Waals surface area (Å²) in [4.78, 5) is 23.7. The molecule has 2 aromatic carbocycles. The van der Waals surface area contributed by atoms with Gasteiger partial charge in [-0.15, -0.1) is 0 Å². The third-order valence-corrected chi connectivity index (χ3v) is 7.87. The fourth-order valence-corrected chi connectivity index (χ4v) is 5.69. The van der Waals surface area contributed by atoms with E-state index in [1.807, 2.05) is 79.2 Å². The number of rotatable bonds is 5. The molecule has 1 N–H and O–H groups in total. The third kappa shape index (κ3) is 4.07. The summed E-state index contributed by atoms with van der Waals surface area (Å²) in [7, 11) is 0. The van der Waals surface area contributed by atoms with Gasteiger partial charge in [0.25, 0.3) is 0 Å². The van der Waals surface area contributed by atoms with Gasteiger partial charge in [-0.2, -0.15) is 5.10 Å². The number of carbonyl (C=O) groups excluding carboxylic acids is 1. The lowest BCUT2D eigenvalue weighted by Gasteiger charge is -2.41. The first-order chi connectivity index (χ1) is 18.8. The Labute approximate surface area is 226 Å². The third-order valence-electron chi connectivity index (χ3n) is 7.87. The van der Waals surface area contributed by atoms with Gasteiger partial charge in [-0.1, -0.05) is 30.3 Å². The average Bonchev–Trinajstić information content (AvgIpc) is 3.26. The minimum atomic E-state index is -0.482. The number of nitrogens with one attached hydrogen (secondary N) is 1. The predicted octanol–water partition coefficient (Wildman–Crippen LogP) is 6.03. The van der Waals surface area contributed by atoms with E-state index in [0.717, 1.165) is 64.0 Å². The minimum Gasteiger partial charge on any atom is -0.444 e. The van der Waals surface area contributed by atoms with Gasteiger partial charge in [-0.05, 0) is 62.6 Å². The Morgan fingerprint density at radius 1 is 1.03 bits per heavy atom. The summed E-state index contributed by atoms with van der Waals surface area (Å²) in [6.07, 6.45) is 8.42. The molecule has 2 unspecified atom stereocenters. The van der Waals surface area contributed by atoms with Crippen molar-refractivity contribution in [3.05, 3.63) is 79.4 Å². The lowest BCUT2D eigenvalue weighted by Crippen LogP contribution is -2.57. The van der Waals surface area contributed by atoms with Crippen molar-refractivity contribution in [3.63, 3.8) is 0 Å². The number of pyridine rings is 1. The number of amides is 1. The van der Waals surface area contributed by atoms with Gasteiger partial charge >= 0.3 is 6.09 Å². The second kappa shape index (κ2) is 8.53. The van der Waals surface area contributed by atoms with Gasteiger partial charge in [0.05, 0.1) is 17.3 Å². The van der Waals surface area contributed by atoms with Gasteiger partial charge in [0.2, 0.25) is 0 Å². The first-order valence-corrected chi connectivity index (χ1v) is 13.3. The molecule has 1 saturated heterocycles. The van der Waals surface area contributed by atoms with E-state index >= 15 is 0 Å². The van der Waals surface area contributed by atoms with Crippen LogP contribution < -0.4 is 5.32 Å². The van der Waals surface area contributed by atoms with Crippen molar-refractivity contribution in [1.29, 1.82) is 0 Å². The largest absolute Gasteiger partial charge is 0.444 e. The van der Waals surface area contributed by atoms with Crippen molar-refractivity contribution in [2.75, 3.05) is 18.4 Å². The van der Waals surface area contributed by atoms with Crippen molar-refractivity contribution >= 4 is 28.3 Å². The molecule has 2 fully saturated rings. The number of benzene rings is 2. The van der Waals surface area contributed by atoms with Gasteiger partial charge in [-0.25, -0.2) is 14.3 Å². The summed E-state index contributed by atoms with van der Waals surface area (Å²) in [5.41, 5.74) is 6.29. The summed E-state index contributed by atoms with van der Waals surface area (Å²) < 4.78 is 7.43. The maximum absolute atomic E-state index is 12.6. The molecular formula is C31H30N6O2. The Kier molecular flexibility index (Phi) is 5.17. The number of anilines is 1. The Hall–Kier alpha value is -4.46. The highest BCUT2D eigenvalue weighted by molar-refractivity contribution is 5.97. The number of carbonyl (C=O) groups is 1. The van der Waals surface area contributed by atoms with Crippen LogP contribution in [-0.4, -0.2) is 54.8 Å². The van der Waals surface area contributed by atoms with Crippen LogP contribution in [-0.2, 0) is 4.74 Å². The Morgan fingerprint density at radius 2 is 1.85 bits per heavy atom. The Morgan fingerprint density at radius 3 is 2.62 bits per heavy atom. The van der Waals surface area contributed by atoms with Crippen molar-refractivity contribution in [2.24, 2.45) is 5.92 Å². The van der Waals surface area contributed by atoms with Crippen molar-refractivity contribution in [3.8, 4) is 22.3 Å². The zero-order chi connectivity index (χ0) is 26.8. The highest BCUT2D eigenvalue weighted by atomic mass is 16.6. The zero-order valence-electron chi connectivity index (χ0n) is 22.3. The van der Waals surface area contributed by atoms with Gasteiger partial charge in [0.1, 0.15) is 5.60 Å². The first kappa shape index (κ1) is 23.6. The van der Waals surface area contributed by atoms with E-state index in [4.69, 9.17) is 9.72 Å². The highest BCUT2D eigenvalue weighted by Crippen LogP contribution is 2.58. The molecule has 4 heterocycles. The van der Waals surface area contributed by atoms with Gasteiger partial charge < -0.3 is 15.0 Å². The highest BCUT2D eigenvalue weighted by Gasteiger charge is 2.69. The molecule has 0 spiro atoms. The van der Waals surface area contributed by atoms with Crippen molar-refractivity contribution < 1.29 is 9.53 Å². The smallest absolute Gasteiger partial charge is 0.410 e. The summed E-state index contributed by atoms with van der Waals surface area (Å²) in [5.74, 6) is 0.568. The second-order valence-corrected chi connectivity index (χ2v) is 11.6. The molecule has 1 amide bonds. The predicted molar refractivity (Wildman–Crippen MR) is 151 cm³/mol. The van der Waals surface area contributed by atoms with Crippen LogP contribution in [0, 0.1) is 5.92 Å². The quantitative estimate of drug-likeness (QED) is 0.306. The fourth-order valence-electron chi connectivity index (χ4n) is 5.69. The molecule has 8 nitrogen and oxygen atoms in total. The van der Waals surface area contributed by atoms with E-state index in [2.05, 4.69) is 45.7 Å². The van der Waals surface area contributed by atoms with Crippen LogP contribution in [0.15, 0.2) is 79.4 Å². The molecule has 1 saturated carbocycles. The number of hydrogen-bond acceptors (Lipinski definition) is 6. The second-order valence-electron chi connectivity index (χ2n) is 11.6. The Bertz CT molecular complexity index is 1720. The van der Waals surface area contributed by atoms with Crippen LogP contribution in [0.5, 0.6) is 0 Å². The zero-order valence-corrected chi connectivity index (χ0v) is 22.3. The summed E-state index contributed by atoms with van der Waals surface area (Å²) in [5, 5.41) is 9.22. The van der Waals surface area contributed by atoms with E-state index in [9.17, 15) is 4.79 Å². The first-order valence-electron chi connectivity index (χ1n) is 13.3. The lowest BCUT2D eigenvalue weighted by molar-refractivity contribution is -0.00648. The number of hydrogen-bond donors (Lipinski definition) is 1. The molecule has 3 aromatic heterocycles. The summed E-state index contributed by atoms with van der Waals surface area (Å²) >= 11 is 0. The average molecular weight is 519 g/mol. The van der Waals surface area contributed by atoms with Gasteiger partial charge in [0.15, 0.2) is 5.65 Å². The SMILES string of the molecule is CC(C)(C)OC(=O)N1CC2CC21CNc1ccc(-c2cnc3c(-c4ccnc5ccccc45)cnn3c2)cc1. The van der Waals surface area contributed by atoms with E-state index in [1.165, 1.54) is 0 Å². The van der Waals surface area contributed by atoms with Crippen molar-refractivity contribution in [2.45, 2.75) is 38.3 Å². The van der Waals surface area contributed by atoms with E-state index in [1.54, 1.807) is 0 Å². The number of fused-ring (bicyclic) bond motifs is 3. The standard InChI is InChI=1S/C31H30N6O2/c1-30(2,3)39-29(38)36-18-22-14-31(22,36)19-34-23-10-8-20(9-11-23)21-15-33-28-26(16-35-37(28)17-21)24-12-13-32-27-7-5-4-6-25(24)27/h4-13,15-17,22,34H,14,18-19H2,1-3H3. The maximum Gasteiger partial charge on any atom is 0.410 e. The number of likely N-dealkylation sites (tertiary alicyclic amines) is 1. The van der Waals surface area contributed by atoms with Crippen molar-refractivity contribution in [1.82, 2.24) is 24.5 Å². The molecule has 8 heteroatoms. The normalized spacial score (nSPS) is 20.0. The molecule has 0 radical (unpaired) electrons. The molecule has 196 valence electrons. The maximum atomic E-state index is 12.6. The van der Waals surface area contributed by atoms with Crippen LogP contribution >= 0.6 is 0 Å². The number of para-hydroxylation sites is 1. The van der Waals surface area contributed by atoms with Crippen LogP contribution in [0.2, 0.25) is 0 Å². The molecular weight excluding hydrogens is 488 g/mol. The molecule has 2 aliphatic rings. The van der Waals surface area contributed by atoms with Crippen LogP contribution in [0.25, 0.3) is 38.8 Å². The van der Waals surface area contributed by atoms with Gasteiger partial charge in [0, 0.05) is 59.8 Å². The molecule has 1 aliphatic carbocycles. The van der Waals surface area contributed by atoms with E-state index in [0.29, 0.717) is 5.92 Å². The molecule has 0 bridgehead atoms. The minimum absolute atomic E-state index is 0.103. The van der Waals surface area contributed by atoms with Gasteiger partial charge in [-0.3, -0.25) is 4.98 Å². The van der Waals surface area contributed by atoms with Crippen LogP contribution in [0.4, 0.5) is 10.5 Å². The topological polar surface area (TPSA) is 84.6 Å². The monoisotopic (exact) mass is 518 g/mol. The molecule has 39 heavy (non-hydrogen) atoms. The van der Waals surface area contributed by atoms with E-state index in [-0.39, 0.29) is 11.6 Å². The number of nitrogens with zero attached hydrogens (tertiary/aromatic N) is 5. The molecule has 1 aliphatic heterocycles. The molecule has 7 rings (SSSR count). The number of aromatic nitrogens is 4. The number of ether oxygens (including phenoxy) is 1.